The fourth-order valence-corrected chi connectivity index (χ4v) is 6.15. The highest BCUT2D eigenvalue weighted by molar-refractivity contribution is 7.89. The van der Waals surface area contributed by atoms with Crippen molar-refractivity contribution < 1.29 is 13.2 Å². The lowest BCUT2D eigenvalue weighted by Gasteiger charge is -2.25. The molecule has 0 spiro atoms. The Balaban J connectivity index is 1.46. The Hall–Kier alpha value is -2.42. The molecule has 1 aromatic heterocycles. The van der Waals surface area contributed by atoms with Gasteiger partial charge < -0.3 is 9.88 Å². The van der Waals surface area contributed by atoms with Crippen molar-refractivity contribution >= 4 is 38.6 Å². The highest BCUT2D eigenvalue weighted by Gasteiger charge is 2.26. The summed E-state index contributed by atoms with van der Waals surface area (Å²) in [6.45, 7) is 3.03. The van der Waals surface area contributed by atoms with Crippen molar-refractivity contribution in [2.24, 2.45) is 7.05 Å². The number of carbonyl (C=O) groups excluding carboxylic acids is 1. The molecule has 1 N–H and O–H groups in total. The maximum absolute atomic E-state index is 13.0. The SMILES string of the molecule is CC(NC(=O)CCc1nc2cc(S(=O)(=O)N3CCCCC3)ccc2n1C)c1ccccc1Cl. The van der Waals surface area contributed by atoms with Crippen LogP contribution in [0.25, 0.3) is 11.0 Å². The molecule has 1 saturated heterocycles. The van der Waals surface area contributed by atoms with Gasteiger partial charge in [-0.3, -0.25) is 4.79 Å². The number of amides is 1. The van der Waals surface area contributed by atoms with Gasteiger partial charge in [-0.1, -0.05) is 36.2 Å². The van der Waals surface area contributed by atoms with Crippen molar-refractivity contribution in [3.05, 3.63) is 58.9 Å². The average molecular weight is 489 g/mol. The fourth-order valence-electron chi connectivity index (χ4n) is 4.31. The molecule has 1 unspecified atom stereocenters. The number of aryl methyl sites for hydroxylation is 2. The first-order chi connectivity index (χ1) is 15.8. The van der Waals surface area contributed by atoms with Crippen LogP contribution in [0.5, 0.6) is 0 Å². The number of carbonyl (C=O) groups is 1. The number of hydrogen-bond acceptors (Lipinski definition) is 4. The third-order valence-electron chi connectivity index (χ3n) is 6.22. The first-order valence-electron chi connectivity index (χ1n) is 11.3. The predicted octanol–water partition coefficient (Wildman–Crippen LogP) is 4.21. The molecule has 33 heavy (non-hydrogen) atoms. The van der Waals surface area contributed by atoms with Crippen LogP contribution >= 0.6 is 11.6 Å². The molecular weight excluding hydrogens is 460 g/mol. The second-order valence-electron chi connectivity index (χ2n) is 8.51. The summed E-state index contributed by atoms with van der Waals surface area (Å²) in [5.74, 6) is 0.640. The summed E-state index contributed by atoms with van der Waals surface area (Å²) in [5, 5.41) is 3.60. The van der Waals surface area contributed by atoms with E-state index in [9.17, 15) is 13.2 Å². The van der Waals surface area contributed by atoms with Gasteiger partial charge in [0.25, 0.3) is 0 Å². The first-order valence-corrected chi connectivity index (χ1v) is 13.1. The van der Waals surface area contributed by atoms with Crippen molar-refractivity contribution in [3.63, 3.8) is 0 Å². The summed E-state index contributed by atoms with van der Waals surface area (Å²) in [6.07, 6.45) is 3.57. The van der Waals surface area contributed by atoms with E-state index in [4.69, 9.17) is 11.6 Å². The van der Waals surface area contributed by atoms with Crippen LogP contribution in [0.2, 0.25) is 5.02 Å². The van der Waals surface area contributed by atoms with Gasteiger partial charge >= 0.3 is 0 Å². The molecule has 176 valence electrons. The molecule has 2 heterocycles. The fraction of sp³-hybridized carbons (Fsp3) is 0.417. The normalized spacial score (nSPS) is 16.1. The molecule has 0 saturated carbocycles. The molecule has 1 aliphatic rings. The van der Waals surface area contributed by atoms with Crippen LogP contribution in [0.1, 0.15) is 50.0 Å². The minimum atomic E-state index is -3.52. The van der Waals surface area contributed by atoms with Crippen molar-refractivity contribution in [2.75, 3.05) is 13.1 Å². The van der Waals surface area contributed by atoms with E-state index in [1.54, 1.807) is 28.6 Å². The summed E-state index contributed by atoms with van der Waals surface area (Å²) in [7, 11) is -1.63. The maximum atomic E-state index is 13.0. The van der Waals surface area contributed by atoms with Crippen molar-refractivity contribution in [3.8, 4) is 0 Å². The molecule has 7 nitrogen and oxygen atoms in total. The Labute approximate surface area is 199 Å². The third-order valence-corrected chi connectivity index (χ3v) is 8.46. The van der Waals surface area contributed by atoms with Crippen LogP contribution in [0.3, 0.4) is 0 Å². The van der Waals surface area contributed by atoms with E-state index in [1.165, 1.54) is 0 Å². The molecule has 3 aromatic rings. The molecule has 1 atom stereocenters. The van der Waals surface area contributed by atoms with Gasteiger partial charge in [0.2, 0.25) is 15.9 Å². The van der Waals surface area contributed by atoms with Crippen LogP contribution < -0.4 is 5.32 Å². The van der Waals surface area contributed by atoms with E-state index in [0.717, 1.165) is 36.2 Å². The average Bonchev–Trinajstić information content (AvgIpc) is 3.13. The van der Waals surface area contributed by atoms with Gasteiger partial charge in [-0.05, 0) is 49.6 Å². The number of hydrogen-bond donors (Lipinski definition) is 1. The van der Waals surface area contributed by atoms with Gasteiger partial charge in [-0.2, -0.15) is 4.31 Å². The molecule has 1 amide bonds. The molecule has 9 heteroatoms. The number of nitrogens with zero attached hydrogens (tertiary/aromatic N) is 3. The molecular formula is C24H29ClN4O3S. The quantitative estimate of drug-likeness (QED) is 0.540. The Morgan fingerprint density at radius 3 is 2.61 bits per heavy atom. The standard InChI is InChI=1S/C24H29ClN4O3S/c1-17(19-8-4-5-9-20(19)25)26-24(30)13-12-23-27-21-16-18(10-11-22(21)28(23)2)33(31,32)29-14-6-3-7-15-29/h4-5,8-11,16-17H,3,6-7,12-15H2,1-2H3,(H,26,30). The second kappa shape index (κ2) is 9.83. The second-order valence-corrected chi connectivity index (χ2v) is 10.9. The number of halogens is 1. The molecule has 0 bridgehead atoms. The number of piperidine rings is 1. The monoisotopic (exact) mass is 488 g/mol. The minimum Gasteiger partial charge on any atom is -0.350 e. The largest absolute Gasteiger partial charge is 0.350 e. The van der Waals surface area contributed by atoms with Crippen LogP contribution in [-0.4, -0.2) is 41.3 Å². The number of aromatic nitrogens is 2. The molecule has 4 rings (SSSR count). The number of sulfonamides is 1. The Kier molecular flexibility index (Phi) is 7.07. The molecule has 0 radical (unpaired) electrons. The smallest absolute Gasteiger partial charge is 0.243 e. The molecule has 1 fully saturated rings. The van der Waals surface area contributed by atoms with Gasteiger partial charge in [0.05, 0.1) is 22.0 Å². The number of nitrogens with one attached hydrogen (secondary N) is 1. The van der Waals surface area contributed by atoms with E-state index in [2.05, 4.69) is 10.3 Å². The number of imidazole rings is 1. The number of rotatable bonds is 7. The van der Waals surface area contributed by atoms with Crippen LogP contribution in [-0.2, 0) is 28.3 Å². The topological polar surface area (TPSA) is 84.3 Å². The minimum absolute atomic E-state index is 0.0946. The van der Waals surface area contributed by atoms with Crippen LogP contribution in [0.4, 0.5) is 0 Å². The Morgan fingerprint density at radius 1 is 1.15 bits per heavy atom. The van der Waals surface area contributed by atoms with Gasteiger partial charge in [-0.15, -0.1) is 0 Å². The van der Waals surface area contributed by atoms with Crippen molar-refractivity contribution in [2.45, 2.75) is 50.0 Å². The Bertz CT molecular complexity index is 1270. The molecule has 0 aliphatic carbocycles. The zero-order chi connectivity index (χ0) is 23.6. The van der Waals surface area contributed by atoms with Gasteiger partial charge in [0, 0.05) is 38.0 Å². The molecule has 2 aromatic carbocycles. The van der Waals surface area contributed by atoms with Gasteiger partial charge in [0.1, 0.15) is 5.82 Å². The summed E-state index contributed by atoms with van der Waals surface area (Å²) < 4.78 is 29.5. The van der Waals surface area contributed by atoms with Crippen LogP contribution in [0.15, 0.2) is 47.4 Å². The van der Waals surface area contributed by atoms with E-state index in [0.29, 0.717) is 30.0 Å². The number of fused-ring (bicyclic) bond motifs is 1. The van der Waals surface area contributed by atoms with E-state index in [1.807, 2.05) is 36.7 Å². The predicted molar refractivity (Wildman–Crippen MR) is 130 cm³/mol. The van der Waals surface area contributed by atoms with Crippen molar-refractivity contribution in [1.29, 1.82) is 0 Å². The zero-order valence-corrected chi connectivity index (χ0v) is 20.5. The summed E-state index contributed by atoms with van der Waals surface area (Å²) in [4.78, 5) is 17.4. The van der Waals surface area contributed by atoms with Crippen LogP contribution in [0, 0.1) is 0 Å². The molecule has 1 aliphatic heterocycles. The maximum Gasteiger partial charge on any atom is 0.243 e. The lowest BCUT2D eigenvalue weighted by molar-refractivity contribution is -0.121. The van der Waals surface area contributed by atoms with E-state index in [-0.39, 0.29) is 23.3 Å². The first kappa shape index (κ1) is 23.7. The third kappa shape index (κ3) is 5.08. The van der Waals surface area contributed by atoms with E-state index < -0.39 is 10.0 Å². The summed E-state index contributed by atoms with van der Waals surface area (Å²) in [6, 6.07) is 12.3. The lowest BCUT2D eigenvalue weighted by atomic mass is 10.1. The van der Waals surface area contributed by atoms with Gasteiger partial charge in [-0.25, -0.2) is 13.4 Å². The number of benzene rings is 2. The summed E-state index contributed by atoms with van der Waals surface area (Å²) >= 11 is 6.23. The summed E-state index contributed by atoms with van der Waals surface area (Å²) in [5.41, 5.74) is 2.33. The van der Waals surface area contributed by atoms with Crippen molar-refractivity contribution in [1.82, 2.24) is 19.2 Å². The lowest BCUT2D eigenvalue weighted by Crippen LogP contribution is -2.35. The highest BCUT2D eigenvalue weighted by Crippen LogP contribution is 2.25. The van der Waals surface area contributed by atoms with Gasteiger partial charge in [0.15, 0.2) is 0 Å². The van der Waals surface area contributed by atoms with E-state index >= 15 is 0 Å². The highest BCUT2D eigenvalue weighted by atomic mass is 35.5. The Morgan fingerprint density at radius 2 is 1.88 bits per heavy atom. The zero-order valence-electron chi connectivity index (χ0n) is 18.9.